The van der Waals surface area contributed by atoms with Crippen LogP contribution in [-0.2, 0) is 9.53 Å². The number of carboxylic acids is 1. The van der Waals surface area contributed by atoms with Gasteiger partial charge in [-0.1, -0.05) is 11.6 Å². The minimum absolute atomic E-state index is 0.0409. The molecule has 7 nitrogen and oxygen atoms in total. The molecule has 0 spiro atoms. The van der Waals surface area contributed by atoms with Gasteiger partial charge in [-0.25, -0.2) is 9.18 Å². The van der Waals surface area contributed by atoms with Gasteiger partial charge >= 0.3 is 11.9 Å². The normalized spacial score (nSPS) is 11.2. The Hall–Kier alpha value is -2.74. The molecule has 1 aromatic carbocycles. The van der Waals surface area contributed by atoms with Gasteiger partial charge in [-0.3, -0.25) is 4.79 Å². The van der Waals surface area contributed by atoms with Gasteiger partial charge in [-0.15, -0.1) is 10.2 Å². The average Bonchev–Trinajstić information content (AvgIpc) is 2.63. The summed E-state index contributed by atoms with van der Waals surface area (Å²) in [6.45, 7) is 5.47. The number of carboxylic acid groups (broad SMARTS) is 1. The Kier molecular flexibility index (Phi) is 6.56. The van der Waals surface area contributed by atoms with Crippen molar-refractivity contribution in [1.29, 1.82) is 0 Å². The lowest BCUT2D eigenvalue weighted by Gasteiger charge is -2.29. The van der Waals surface area contributed by atoms with Crippen molar-refractivity contribution in [2.45, 2.75) is 20.8 Å². The Balaban J connectivity index is 2.41. The van der Waals surface area contributed by atoms with Gasteiger partial charge in [0.1, 0.15) is 11.4 Å². The number of hydrogen-bond donors (Lipinski definition) is 1. The highest BCUT2D eigenvalue weighted by molar-refractivity contribution is 6.30. The second-order valence-corrected chi connectivity index (χ2v) is 7.29. The van der Waals surface area contributed by atoms with Crippen molar-refractivity contribution in [2.24, 2.45) is 5.41 Å². The summed E-state index contributed by atoms with van der Waals surface area (Å²) in [7, 11) is 1.59. The molecule has 0 atom stereocenters. The standard InChI is InChI=1S/C19H21ClFN3O4/c1-5-28-18(27)19(2,3)10-24(4)16-13(17(25)26)9-15(22-23-16)12-8-11(20)6-7-14(12)21/h6-9H,5,10H2,1-4H3,(H,25,26). The van der Waals surface area contributed by atoms with Crippen molar-refractivity contribution in [1.82, 2.24) is 10.2 Å². The highest BCUT2D eigenvalue weighted by atomic mass is 35.5. The maximum absolute atomic E-state index is 14.1. The van der Waals surface area contributed by atoms with E-state index in [1.165, 1.54) is 29.2 Å². The van der Waals surface area contributed by atoms with Gasteiger partial charge in [0.15, 0.2) is 5.82 Å². The van der Waals surface area contributed by atoms with Crippen molar-refractivity contribution in [3.05, 3.63) is 40.7 Å². The first kappa shape index (κ1) is 21.6. The summed E-state index contributed by atoms with van der Waals surface area (Å²) in [6, 6.07) is 5.13. The SMILES string of the molecule is CCOC(=O)C(C)(C)CN(C)c1nnc(-c2cc(Cl)ccc2F)cc1C(=O)O. The molecule has 1 N–H and O–H groups in total. The van der Waals surface area contributed by atoms with E-state index in [0.717, 1.165) is 0 Å². The van der Waals surface area contributed by atoms with Crippen molar-refractivity contribution >= 4 is 29.4 Å². The van der Waals surface area contributed by atoms with Gasteiger partial charge in [0, 0.05) is 24.2 Å². The number of aromatic carboxylic acids is 1. The summed E-state index contributed by atoms with van der Waals surface area (Å²) in [5.41, 5.74) is -0.991. The summed E-state index contributed by atoms with van der Waals surface area (Å²) >= 11 is 5.90. The van der Waals surface area contributed by atoms with Gasteiger partial charge in [-0.05, 0) is 45.0 Å². The number of benzene rings is 1. The van der Waals surface area contributed by atoms with E-state index >= 15 is 0 Å². The Labute approximate surface area is 167 Å². The van der Waals surface area contributed by atoms with Crippen LogP contribution < -0.4 is 4.90 Å². The van der Waals surface area contributed by atoms with Gasteiger partial charge in [0.25, 0.3) is 0 Å². The zero-order valence-corrected chi connectivity index (χ0v) is 16.7. The Morgan fingerprint density at radius 1 is 1.29 bits per heavy atom. The van der Waals surface area contributed by atoms with Crippen molar-refractivity contribution in [2.75, 3.05) is 25.1 Å². The fourth-order valence-corrected chi connectivity index (χ4v) is 2.88. The van der Waals surface area contributed by atoms with Crippen LogP contribution in [0.4, 0.5) is 10.2 Å². The topological polar surface area (TPSA) is 92.6 Å². The van der Waals surface area contributed by atoms with Gasteiger partial charge in [0.05, 0.1) is 17.7 Å². The molecule has 9 heteroatoms. The quantitative estimate of drug-likeness (QED) is 0.697. The number of carbonyl (C=O) groups excluding carboxylic acids is 1. The third kappa shape index (κ3) is 4.75. The number of anilines is 1. The first-order valence-electron chi connectivity index (χ1n) is 8.51. The van der Waals surface area contributed by atoms with Crippen LogP contribution in [0, 0.1) is 11.2 Å². The van der Waals surface area contributed by atoms with Crippen LogP contribution in [0.15, 0.2) is 24.3 Å². The van der Waals surface area contributed by atoms with E-state index in [9.17, 15) is 19.1 Å². The molecule has 150 valence electrons. The molecule has 2 aromatic rings. The smallest absolute Gasteiger partial charge is 0.339 e. The Morgan fingerprint density at radius 2 is 1.96 bits per heavy atom. The molecule has 0 aliphatic rings. The second kappa shape index (κ2) is 8.52. The van der Waals surface area contributed by atoms with Crippen LogP contribution in [0.1, 0.15) is 31.1 Å². The lowest BCUT2D eigenvalue weighted by molar-refractivity contribution is -0.152. The van der Waals surface area contributed by atoms with Gasteiger partial charge in [0.2, 0.25) is 0 Å². The highest BCUT2D eigenvalue weighted by Gasteiger charge is 2.32. The van der Waals surface area contributed by atoms with E-state index in [1.807, 2.05) is 0 Å². The predicted molar refractivity (Wildman–Crippen MR) is 103 cm³/mol. The average molecular weight is 410 g/mol. The van der Waals surface area contributed by atoms with E-state index in [2.05, 4.69) is 10.2 Å². The highest BCUT2D eigenvalue weighted by Crippen LogP contribution is 2.29. The number of rotatable bonds is 7. The molecule has 1 heterocycles. The zero-order chi connectivity index (χ0) is 21.1. The summed E-state index contributed by atoms with van der Waals surface area (Å²) in [4.78, 5) is 25.4. The number of aromatic nitrogens is 2. The third-order valence-electron chi connectivity index (χ3n) is 4.03. The molecule has 0 amide bonds. The van der Waals surface area contributed by atoms with Gasteiger partial charge in [-0.2, -0.15) is 0 Å². The van der Waals surface area contributed by atoms with E-state index in [1.54, 1.807) is 27.8 Å². The number of nitrogens with zero attached hydrogens (tertiary/aromatic N) is 3. The molecule has 0 radical (unpaired) electrons. The zero-order valence-electron chi connectivity index (χ0n) is 16.0. The molecular formula is C19H21ClFN3O4. The summed E-state index contributed by atoms with van der Waals surface area (Å²) in [6.07, 6.45) is 0. The van der Waals surface area contributed by atoms with Crippen LogP contribution in [-0.4, -0.2) is 47.4 Å². The second-order valence-electron chi connectivity index (χ2n) is 6.86. The van der Waals surface area contributed by atoms with E-state index in [4.69, 9.17) is 16.3 Å². The first-order valence-corrected chi connectivity index (χ1v) is 8.89. The lowest BCUT2D eigenvalue weighted by Crippen LogP contribution is -2.39. The molecule has 0 aliphatic carbocycles. The van der Waals surface area contributed by atoms with Crippen LogP contribution in [0.5, 0.6) is 0 Å². The summed E-state index contributed by atoms with van der Waals surface area (Å²) in [5, 5.41) is 17.8. The minimum Gasteiger partial charge on any atom is -0.478 e. The monoisotopic (exact) mass is 409 g/mol. The molecule has 0 bridgehead atoms. The third-order valence-corrected chi connectivity index (χ3v) is 4.27. The van der Waals surface area contributed by atoms with E-state index in [-0.39, 0.29) is 40.8 Å². The minimum atomic E-state index is -1.26. The summed E-state index contributed by atoms with van der Waals surface area (Å²) < 4.78 is 19.1. The van der Waals surface area contributed by atoms with E-state index < -0.39 is 23.2 Å². The Bertz CT molecular complexity index is 905. The molecule has 0 unspecified atom stereocenters. The van der Waals surface area contributed by atoms with Crippen molar-refractivity contribution in [3.8, 4) is 11.3 Å². The molecule has 2 rings (SSSR count). The summed E-state index contributed by atoms with van der Waals surface area (Å²) in [5.74, 6) is -2.21. The van der Waals surface area contributed by atoms with Crippen molar-refractivity contribution in [3.63, 3.8) is 0 Å². The molecule has 28 heavy (non-hydrogen) atoms. The van der Waals surface area contributed by atoms with Crippen LogP contribution >= 0.6 is 11.6 Å². The molecule has 0 aliphatic heterocycles. The number of ether oxygens (including phenoxy) is 1. The maximum atomic E-state index is 14.1. The molecule has 0 saturated heterocycles. The first-order chi connectivity index (χ1) is 13.1. The molecule has 1 aromatic heterocycles. The lowest BCUT2D eigenvalue weighted by atomic mass is 9.93. The van der Waals surface area contributed by atoms with Gasteiger partial charge < -0.3 is 14.7 Å². The predicted octanol–water partition coefficient (Wildman–Crippen LogP) is 3.66. The number of carbonyl (C=O) groups is 2. The largest absolute Gasteiger partial charge is 0.478 e. The van der Waals surface area contributed by atoms with Crippen LogP contribution in [0.25, 0.3) is 11.3 Å². The fraction of sp³-hybridized carbons (Fsp3) is 0.368. The maximum Gasteiger partial charge on any atom is 0.339 e. The van der Waals surface area contributed by atoms with Crippen LogP contribution in [0.3, 0.4) is 0 Å². The van der Waals surface area contributed by atoms with Crippen LogP contribution in [0.2, 0.25) is 5.02 Å². The molecule has 0 saturated carbocycles. The number of esters is 1. The molecular weight excluding hydrogens is 389 g/mol. The number of halogens is 2. The number of hydrogen-bond acceptors (Lipinski definition) is 6. The van der Waals surface area contributed by atoms with E-state index in [0.29, 0.717) is 0 Å². The van der Waals surface area contributed by atoms with Crippen molar-refractivity contribution < 1.29 is 23.8 Å². The fourth-order valence-electron chi connectivity index (χ4n) is 2.71. The molecule has 0 fully saturated rings. The Morgan fingerprint density at radius 3 is 2.57 bits per heavy atom.